The summed E-state index contributed by atoms with van der Waals surface area (Å²) in [6, 6.07) is 27.4. The minimum Gasteiger partial charge on any atom is -0.726 e. The maximum Gasteiger partial charge on any atom is 0.495 e. The van der Waals surface area contributed by atoms with Crippen LogP contribution in [-0.4, -0.2) is 49.6 Å². The summed E-state index contributed by atoms with van der Waals surface area (Å²) < 4.78 is 82.6. The summed E-state index contributed by atoms with van der Waals surface area (Å²) in [7, 11) is -0.761. The summed E-state index contributed by atoms with van der Waals surface area (Å²) in [5.74, 6) is -0.649. The SMILES string of the molecule is CCCCCCOCc1ccccc1.COS(=O)(=O)[O-].Cn1c(C(F)(F)F)[n+](C)c2ccccc21.S=C=NCCCCCOCc1ccccc1. The fourth-order valence-electron chi connectivity index (χ4n) is 4.64. The van der Waals surface area contributed by atoms with Gasteiger partial charge in [-0.1, -0.05) is 99.0 Å². The third-order valence-electron chi connectivity index (χ3n) is 7.19. The summed E-state index contributed by atoms with van der Waals surface area (Å²) in [5.41, 5.74) is 3.65. The number of thiocarbonyl (C=S) groups is 1. The fraction of sp³-hybridized carbons (Fsp3) is 0.459. The van der Waals surface area contributed by atoms with Gasteiger partial charge in [-0.25, -0.2) is 22.5 Å². The number of para-hydroxylation sites is 2. The van der Waals surface area contributed by atoms with Gasteiger partial charge in [0, 0.05) is 19.8 Å². The lowest BCUT2D eigenvalue weighted by Gasteiger charge is -2.03. The largest absolute Gasteiger partial charge is 0.726 e. The molecule has 0 amide bonds. The molecule has 0 radical (unpaired) electrons. The van der Waals surface area contributed by atoms with Crippen molar-refractivity contribution < 1.29 is 44.4 Å². The lowest BCUT2D eigenvalue weighted by atomic mass is 10.2. The zero-order chi connectivity index (χ0) is 38.0. The number of rotatable bonds is 16. The van der Waals surface area contributed by atoms with Crippen molar-refractivity contribution in [2.75, 3.05) is 26.9 Å². The molecule has 0 unspecified atom stereocenters. The molecule has 1 aromatic heterocycles. The van der Waals surface area contributed by atoms with E-state index >= 15 is 0 Å². The van der Waals surface area contributed by atoms with Crippen LogP contribution in [0.5, 0.6) is 0 Å². The zero-order valence-corrected chi connectivity index (χ0v) is 31.4. The van der Waals surface area contributed by atoms with Crippen molar-refractivity contribution in [2.45, 2.75) is 71.3 Å². The van der Waals surface area contributed by atoms with E-state index in [1.54, 1.807) is 24.3 Å². The van der Waals surface area contributed by atoms with Crippen LogP contribution in [0.4, 0.5) is 13.2 Å². The molecule has 4 rings (SSSR count). The third kappa shape index (κ3) is 20.8. The van der Waals surface area contributed by atoms with Crippen molar-refractivity contribution in [2.24, 2.45) is 19.1 Å². The molecule has 0 aliphatic rings. The maximum absolute atomic E-state index is 12.7. The van der Waals surface area contributed by atoms with Gasteiger partial charge in [0.2, 0.25) is 10.4 Å². The van der Waals surface area contributed by atoms with Gasteiger partial charge in [-0.2, -0.15) is 13.2 Å². The monoisotopic (exact) mass is 753 g/mol. The highest BCUT2D eigenvalue weighted by atomic mass is 32.3. The Labute approximate surface area is 306 Å². The van der Waals surface area contributed by atoms with E-state index in [9.17, 15) is 26.1 Å². The molecule has 0 aliphatic carbocycles. The molecule has 0 saturated carbocycles. The Morgan fingerprint density at radius 2 is 1.29 bits per heavy atom. The number of aliphatic imine (C=N–C) groups is 1. The van der Waals surface area contributed by atoms with Crippen molar-refractivity contribution in [3.63, 3.8) is 0 Å². The van der Waals surface area contributed by atoms with Crippen LogP contribution in [0.15, 0.2) is 89.9 Å². The van der Waals surface area contributed by atoms with Crippen molar-refractivity contribution in [1.82, 2.24) is 4.57 Å². The fourth-order valence-corrected chi connectivity index (χ4v) is 4.73. The van der Waals surface area contributed by atoms with Gasteiger partial charge in [-0.05, 0) is 61.2 Å². The number of halogens is 3. The van der Waals surface area contributed by atoms with Crippen LogP contribution in [0.25, 0.3) is 11.0 Å². The zero-order valence-electron chi connectivity index (χ0n) is 29.8. The van der Waals surface area contributed by atoms with Crippen molar-refractivity contribution >= 4 is 38.8 Å². The van der Waals surface area contributed by atoms with Crippen LogP contribution >= 0.6 is 12.2 Å². The van der Waals surface area contributed by atoms with Gasteiger partial charge in [-0.15, -0.1) is 0 Å². The number of ether oxygens (including phenoxy) is 2. The summed E-state index contributed by atoms with van der Waals surface area (Å²) in [6.45, 7) is 6.20. The molecule has 0 bridgehead atoms. The first-order chi connectivity index (χ1) is 24.4. The number of isothiocyanates is 1. The second kappa shape index (κ2) is 26.3. The lowest BCUT2D eigenvalue weighted by molar-refractivity contribution is -0.667. The number of alkyl halides is 3. The van der Waals surface area contributed by atoms with E-state index in [1.807, 2.05) is 24.3 Å². The molecule has 0 atom stereocenters. The summed E-state index contributed by atoms with van der Waals surface area (Å²) in [4.78, 5) is 3.86. The maximum atomic E-state index is 12.7. The van der Waals surface area contributed by atoms with E-state index in [2.05, 4.69) is 69.9 Å². The number of imidazole rings is 1. The van der Waals surface area contributed by atoms with Crippen molar-refractivity contribution in [3.8, 4) is 0 Å². The van der Waals surface area contributed by atoms with E-state index in [4.69, 9.17) is 9.47 Å². The molecule has 14 heteroatoms. The average Bonchev–Trinajstić information content (AvgIpc) is 3.38. The van der Waals surface area contributed by atoms with E-state index in [1.165, 1.54) is 50.9 Å². The molecule has 0 spiro atoms. The Morgan fingerprint density at radius 3 is 1.73 bits per heavy atom. The van der Waals surface area contributed by atoms with Crippen molar-refractivity contribution in [1.29, 1.82) is 0 Å². The molecule has 51 heavy (non-hydrogen) atoms. The van der Waals surface area contributed by atoms with Gasteiger partial charge in [0.25, 0.3) is 0 Å². The number of fused-ring (bicyclic) bond motifs is 1. The van der Waals surface area contributed by atoms with Gasteiger partial charge in [0.05, 0.1) is 39.6 Å². The highest BCUT2D eigenvalue weighted by Crippen LogP contribution is 2.29. The van der Waals surface area contributed by atoms with Gasteiger partial charge >= 0.3 is 12.0 Å². The van der Waals surface area contributed by atoms with E-state index in [-0.39, 0.29) is 0 Å². The van der Waals surface area contributed by atoms with Gasteiger partial charge < -0.3 is 14.0 Å². The van der Waals surface area contributed by atoms with Crippen LogP contribution in [0.3, 0.4) is 0 Å². The molecule has 4 aromatic rings. The highest BCUT2D eigenvalue weighted by molar-refractivity contribution is 7.80. The normalized spacial score (nSPS) is 10.9. The number of aryl methyl sites for hydroxylation is 2. The number of aromatic nitrogens is 2. The van der Waals surface area contributed by atoms with E-state index in [0.717, 1.165) is 61.9 Å². The summed E-state index contributed by atoms with van der Waals surface area (Å²) in [6.07, 6.45) is 4.06. The van der Waals surface area contributed by atoms with E-state index < -0.39 is 22.4 Å². The van der Waals surface area contributed by atoms with Crippen LogP contribution in [0.2, 0.25) is 0 Å². The molecule has 1 heterocycles. The molecular formula is C37H50F3N3O6S2. The Balaban J connectivity index is 0.000000355. The number of benzene rings is 3. The predicted octanol–water partition coefficient (Wildman–Crippen LogP) is 8.37. The molecule has 9 nitrogen and oxygen atoms in total. The minimum absolute atomic E-state index is 0.576. The molecule has 3 aromatic carbocycles. The number of nitrogens with zero attached hydrogens (tertiary/aromatic N) is 3. The number of hydrogen-bond acceptors (Lipinski definition) is 8. The second-order valence-electron chi connectivity index (χ2n) is 11.2. The van der Waals surface area contributed by atoms with Gasteiger partial charge in [0.1, 0.15) is 0 Å². The first-order valence-corrected chi connectivity index (χ1v) is 18.4. The van der Waals surface area contributed by atoms with E-state index in [0.29, 0.717) is 17.6 Å². The molecule has 0 fully saturated rings. The predicted molar refractivity (Wildman–Crippen MR) is 196 cm³/mol. The lowest BCUT2D eigenvalue weighted by Crippen LogP contribution is -2.37. The Bertz CT molecular complexity index is 1610. The second-order valence-corrected chi connectivity index (χ2v) is 12.5. The van der Waals surface area contributed by atoms with Crippen LogP contribution in [-0.2, 0) is 57.5 Å². The van der Waals surface area contributed by atoms with Crippen LogP contribution < -0.4 is 4.57 Å². The van der Waals surface area contributed by atoms with Gasteiger partial charge in [0.15, 0.2) is 11.0 Å². The first-order valence-electron chi connectivity index (χ1n) is 16.6. The van der Waals surface area contributed by atoms with Gasteiger partial charge in [-0.3, -0.25) is 4.18 Å². The Kier molecular flexibility index (Phi) is 23.5. The minimum atomic E-state index is -4.41. The molecule has 0 N–H and O–H groups in total. The number of unbranched alkanes of at least 4 members (excludes halogenated alkanes) is 5. The number of hydrogen-bond donors (Lipinski definition) is 0. The first kappa shape index (κ1) is 45.5. The Hall–Kier alpha value is -3.49. The topological polar surface area (TPSA) is 106 Å². The third-order valence-corrected chi connectivity index (χ3v) is 7.72. The highest BCUT2D eigenvalue weighted by Gasteiger charge is 2.45. The standard InChI is InChI=1S/C13H17NOS.C13H20O.C10H10F3N2.CH4O4S/c16-12-14-9-5-2-6-10-15-11-13-7-3-1-4-8-13;1-2-3-4-8-11-14-12-13-9-6-5-7-10-13;1-14-7-5-3-4-6-8(7)15(2)9(14)10(11,12)13;1-5-6(2,3)4/h1,3-4,7-8H,2,5-6,9-11H2;5-7,9-10H,2-4,8,11-12H2,1H3;3-6H,1-2H3;1H3,(H,2,3,4)/q;;+1;/p-1. The van der Waals surface area contributed by atoms with Crippen LogP contribution in [0, 0.1) is 0 Å². The van der Waals surface area contributed by atoms with Crippen LogP contribution in [0.1, 0.15) is 68.8 Å². The quantitative estimate of drug-likeness (QED) is 0.0283. The summed E-state index contributed by atoms with van der Waals surface area (Å²) >= 11 is 4.48. The smallest absolute Gasteiger partial charge is 0.495 e. The Morgan fingerprint density at radius 1 is 0.824 bits per heavy atom. The molecule has 0 aliphatic heterocycles. The summed E-state index contributed by atoms with van der Waals surface area (Å²) in [5, 5.41) is 2.37. The average molecular weight is 754 g/mol. The molecule has 282 valence electrons. The molecule has 0 saturated heterocycles. The molecular weight excluding hydrogens is 704 g/mol. The van der Waals surface area contributed by atoms with Crippen molar-refractivity contribution in [3.05, 3.63) is 102 Å².